The van der Waals surface area contributed by atoms with E-state index in [1.54, 1.807) is 30.3 Å². The van der Waals surface area contributed by atoms with Gasteiger partial charge in [-0.1, -0.05) is 42.5 Å². The highest BCUT2D eigenvalue weighted by Crippen LogP contribution is 2.27. The Bertz CT molecular complexity index is 1180. The number of benzene rings is 3. The summed E-state index contributed by atoms with van der Waals surface area (Å²) in [4.78, 5) is 29.1. The molecule has 0 radical (unpaired) electrons. The SMILES string of the molecule is O=C1NC(=Cc2ccc(CCN3CCCC3)cc2)C(=O)N1c1ccc(Oc2ccccc2)cc1. The molecule has 0 aliphatic carbocycles. The molecular weight excluding hydrogens is 426 g/mol. The predicted octanol–water partition coefficient (Wildman–Crippen LogP) is 5.21. The van der Waals surface area contributed by atoms with E-state index in [1.165, 1.54) is 31.5 Å². The van der Waals surface area contributed by atoms with Gasteiger partial charge in [-0.3, -0.25) is 4.79 Å². The van der Waals surface area contributed by atoms with Crippen LogP contribution in [0.25, 0.3) is 6.08 Å². The van der Waals surface area contributed by atoms with E-state index in [2.05, 4.69) is 22.3 Å². The molecule has 0 unspecified atom stereocenters. The van der Waals surface area contributed by atoms with E-state index in [0.29, 0.717) is 11.4 Å². The van der Waals surface area contributed by atoms with Crippen LogP contribution in [0.5, 0.6) is 11.5 Å². The number of nitrogens with one attached hydrogen (secondary N) is 1. The van der Waals surface area contributed by atoms with Crippen molar-refractivity contribution in [1.29, 1.82) is 0 Å². The molecule has 172 valence electrons. The second kappa shape index (κ2) is 9.93. The largest absolute Gasteiger partial charge is 0.457 e. The average Bonchev–Trinajstić information content (AvgIpc) is 3.48. The molecule has 6 heteroatoms. The number of amides is 3. The van der Waals surface area contributed by atoms with Crippen LogP contribution >= 0.6 is 0 Å². The molecular formula is C28H27N3O3. The monoisotopic (exact) mass is 453 g/mol. The smallest absolute Gasteiger partial charge is 0.333 e. The van der Waals surface area contributed by atoms with Crippen molar-refractivity contribution in [2.75, 3.05) is 24.5 Å². The van der Waals surface area contributed by atoms with Gasteiger partial charge in [0.1, 0.15) is 17.2 Å². The number of urea groups is 1. The Hall–Kier alpha value is -3.90. The minimum Gasteiger partial charge on any atom is -0.457 e. The number of anilines is 1. The van der Waals surface area contributed by atoms with Crippen molar-refractivity contribution in [2.45, 2.75) is 19.3 Å². The van der Waals surface area contributed by atoms with Gasteiger partial charge in [0, 0.05) is 6.54 Å². The first-order valence-corrected chi connectivity index (χ1v) is 11.7. The summed E-state index contributed by atoms with van der Waals surface area (Å²) in [6.45, 7) is 3.48. The normalized spacial score (nSPS) is 17.4. The summed E-state index contributed by atoms with van der Waals surface area (Å²) >= 11 is 0. The van der Waals surface area contributed by atoms with Crippen LogP contribution in [0.1, 0.15) is 24.0 Å². The number of carbonyl (C=O) groups excluding carboxylic acids is 2. The van der Waals surface area contributed by atoms with Crippen molar-refractivity contribution < 1.29 is 14.3 Å². The number of rotatable bonds is 7. The van der Waals surface area contributed by atoms with Crippen LogP contribution in [-0.2, 0) is 11.2 Å². The quantitative estimate of drug-likeness (QED) is 0.394. The summed E-state index contributed by atoms with van der Waals surface area (Å²) in [6.07, 6.45) is 5.34. The van der Waals surface area contributed by atoms with E-state index < -0.39 is 6.03 Å². The number of para-hydroxylation sites is 1. The maximum absolute atomic E-state index is 13.0. The van der Waals surface area contributed by atoms with Gasteiger partial charge >= 0.3 is 6.03 Å². The standard InChI is InChI=1S/C28H27N3O3/c32-27-26(20-22-10-8-21(9-11-22)16-19-30-17-4-5-18-30)29-28(33)31(27)23-12-14-25(15-13-23)34-24-6-2-1-3-7-24/h1-3,6-15,20H,4-5,16-19H2,(H,29,33). The van der Waals surface area contributed by atoms with Crippen molar-refractivity contribution >= 4 is 23.7 Å². The third-order valence-corrected chi connectivity index (χ3v) is 6.16. The lowest BCUT2D eigenvalue weighted by Crippen LogP contribution is -2.30. The zero-order valence-electron chi connectivity index (χ0n) is 18.9. The summed E-state index contributed by atoms with van der Waals surface area (Å²) in [5.41, 5.74) is 2.90. The topological polar surface area (TPSA) is 61.9 Å². The zero-order valence-corrected chi connectivity index (χ0v) is 18.9. The first-order chi connectivity index (χ1) is 16.7. The molecule has 0 spiro atoms. The van der Waals surface area contributed by atoms with Crippen LogP contribution in [0.2, 0.25) is 0 Å². The second-order valence-electron chi connectivity index (χ2n) is 8.58. The minimum absolute atomic E-state index is 0.263. The number of likely N-dealkylation sites (tertiary alicyclic amines) is 1. The molecule has 3 aromatic carbocycles. The van der Waals surface area contributed by atoms with E-state index >= 15 is 0 Å². The number of nitrogens with zero attached hydrogens (tertiary/aromatic N) is 2. The third-order valence-electron chi connectivity index (χ3n) is 6.16. The summed E-state index contributed by atoms with van der Waals surface area (Å²) in [5, 5.41) is 2.69. The molecule has 2 aliphatic heterocycles. The number of ether oxygens (including phenoxy) is 1. The van der Waals surface area contributed by atoms with Gasteiger partial charge in [-0.25, -0.2) is 9.69 Å². The van der Waals surface area contributed by atoms with Crippen LogP contribution in [0, 0.1) is 0 Å². The van der Waals surface area contributed by atoms with Crippen molar-refractivity contribution in [3.63, 3.8) is 0 Å². The molecule has 0 bridgehead atoms. The Morgan fingerprint density at radius 1 is 0.824 bits per heavy atom. The van der Waals surface area contributed by atoms with Gasteiger partial charge in [0.05, 0.1) is 5.69 Å². The maximum atomic E-state index is 13.0. The molecule has 0 saturated carbocycles. The molecule has 0 aromatic heterocycles. The van der Waals surface area contributed by atoms with Gasteiger partial charge < -0.3 is 15.0 Å². The molecule has 2 aliphatic rings. The number of carbonyl (C=O) groups is 2. The molecule has 6 nitrogen and oxygen atoms in total. The van der Waals surface area contributed by atoms with Crippen LogP contribution in [0.15, 0.2) is 84.6 Å². The van der Waals surface area contributed by atoms with Gasteiger partial charge in [-0.15, -0.1) is 0 Å². The average molecular weight is 454 g/mol. The van der Waals surface area contributed by atoms with Crippen LogP contribution < -0.4 is 15.0 Å². The van der Waals surface area contributed by atoms with Crippen LogP contribution in [0.4, 0.5) is 10.5 Å². The van der Waals surface area contributed by atoms with Crippen molar-refractivity contribution in [3.8, 4) is 11.5 Å². The van der Waals surface area contributed by atoms with Gasteiger partial charge in [0.25, 0.3) is 5.91 Å². The Balaban J connectivity index is 1.23. The molecule has 2 fully saturated rings. The Morgan fingerprint density at radius 2 is 1.50 bits per heavy atom. The molecule has 34 heavy (non-hydrogen) atoms. The first-order valence-electron chi connectivity index (χ1n) is 11.7. The molecule has 3 aromatic rings. The maximum Gasteiger partial charge on any atom is 0.333 e. The summed E-state index contributed by atoms with van der Waals surface area (Å²) < 4.78 is 5.79. The van der Waals surface area contributed by atoms with Gasteiger partial charge in [-0.05, 0) is 86.0 Å². The molecule has 2 saturated heterocycles. The van der Waals surface area contributed by atoms with Gasteiger partial charge in [-0.2, -0.15) is 0 Å². The Labute approximate surface area is 199 Å². The molecule has 3 amide bonds. The van der Waals surface area contributed by atoms with Crippen molar-refractivity contribution in [3.05, 3.63) is 95.7 Å². The van der Waals surface area contributed by atoms with Crippen molar-refractivity contribution in [1.82, 2.24) is 10.2 Å². The highest BCUT2D eigenvalue weighted by atomic mass is 16.5. The van der Waals surface area contributed by atoms with Crippen LogP contribution in [-0.4, -0.2) is 36.5 Å². The number of hydrogen-bond donors (Lipinski definition) is 1. The second-order valence-corrected chi connectivity index (χ2v) is 8.58. The summed E-state index contributed by atoms with van der Waals surface area (Å²) in [6, 6.07) is 24.0. The molecule has 1 N–H and O–H groups in total. The first kappa shape index (κ1) is 21.9. The predicted molar refractivity (Wildman–Crippen MR) is 133 cm³/mol. The van der Waals surface area contributed by atoms with Gasteiger partial charge in [0.2, 0.25) is 0 Å². The Kier molecular flexibility index (Phi) is 6.40. The van der Waals surface area contributed by atoms with Gasteiger partial charge in [0.15, 0.2) is 0 Å². The molecule has 0 atom stereocenters. The highest BCUT2D eigenvalue weighted by Gasteiger charge is 2.34. The van der Waals surface area contributed by atoms with E-state index in [-0.39, 0.29) is 11.6 Å². The van der Waals surface area contributed by atoms with E-state index in [1.807, 2.05) is 42.5 Å². The molecule has 5 rings (SSSR count). The lowest BCUT2D eigenvalue weighted by Gasteiger charge is -2.14. The van der Waals surface area contributed by atoms with E-state index in [0.717, 1.165) is 29.2 Å². The van der Waals surface area contributed by atoms with E-state index in [4.69, 9.17) is 4.74 Å². The number of imide groups is 1. The minimum atomic E-state index is -0.463. The molecule has 2 heterocycles. The lowest BCUT2D eigenvalue weighted by atomic mass is 10.1. The third kappa shape index (κ3) is 5.02. The zero-order chi connectivity index (χ0) is 23.3. The van der Waals surface area contributed by atoms with E-state index in [9.17, 15) is 9.59 Å². The summed E-state index contributed by atoms with van der Waals surface area (Å²) in [5.74, 6) is 0.972. The highest BCUT2D eigenvalue weighted by molar-refractivity contribution is 6.28. The summed E-state index contributed by atoms with van der Waals surface area (Å²) in [7, 11) is 0. The fourth-order valence-corrected chi connectivity index (χ4v) is 4.30. The van der Waals surface area contributed by atoms with Crippen molar-refractivity contribution in [2.24, 2.45) is 0 Å². The Morgan fingerprint density at radius 3 is 2.21 bits per heavy atom. The lowest BCUT2D eigenvalue weighted by molar-refractivity contribution is -0.113. The van der Waals surface area contributed by atoms with Crippen LogP contribution in [0.3, 0.4) is 0 Å². The fraction of sp³-hybridized carbons (Fsp3) is 0.214. The fourth-order valence-electron chi connectivity index (χ4n) is 4.30. The number of hydrogen-bond acceptors (Lipinski definition) is 4.